The molecule has 0 aliphatic rings. The molecule has 2 N–H and O–H groups in total. The minimum Gasteiger partial charge on any atom is -0.494 e. The molecule has 4 heteroatoms. The fourth-order valence-electron chi connectivity index (χ4n) is 2.56. The summed E-state index contributed by atoms with van der Waals surface area (Å²) in [5.41, 5.74) is 3.13. The van der Waals surface area contributed by atoms with Gasteiger partial charge in [-0.1, -0.05) is 19.9 Å². The maximum absolute atomic E-state index is 10.6. The van der Waals surface area contributed by atoms with E-state index in [1.54, 1.807) is 12.4 Å². The molecule has 1 unspecified atom stereocenters. The van der Waals surface area contributed by atoms with Crippen LogP contribution in [0.4, 0.5) is 0 Å². The van der Waals surface area contributed by atoms with Gasteiger partial charge in [-0.05, 0) is 37.0 Å². The Morgan fingerprint density at radius 2 is 2.05 bits per heavy atom. The molecule has 108 valence electrons. The van der Waals surface area contributed by atoms with Crippen molar-refractivity contribution in [3.8, 4) is 5.75 Å². The Bertz CT molecular complexity index is 550. The highest BCUT2D eigenvalue weighted by Crippen LogP contribution is 2.33. The number of nitrogens with one attached hydrogen (secondary N) is 1. The van der Waals surface area contributed by atoms with Gasteiger partial charge in [-0.2, -0.15) is 0 Å². The summed E-state index contributed by atoms with van der Waals surface area (Å²) in [6.45, 7) is 6.76. The first-order chi connectivity index (χ1) is 9.72. The number of aliphatic hydroxyl groups is 1. The number of aryl methyl sites for hydroxylation is 1. The van der Waals surface area contributed by atoms with Gasteiger partial charge in [-0.15, -0.1) is 0 Å². The van der Waals surface area contributed by atoms with Gasteiger partial charge in [0.15, 0.2) is 0 Å². The Labute approximate surface area is 119 Å². The number of ether oxygens (including phenoxy) is 1. The standard InChI is InChI=1S/C16H22N2O2/c1-4-11-7-8-13(20-6-3)12(5-2)14(11)15(19)16-17-9-10-18-16/h7-10,15,19H,4-6H2,1-3H3,(H,17,18). The molecule has 0 saturated carbocycles. The Kier molecular flexibility index (Phi) is 4.79. The number of nitrogens with zero attached hydrogens (tertiary/aromatic N) is 1. The van der Waals surface area contributed by atoms with Crippen LogP contribution in [-0.2, 0) is 12.8 Å². The van der Waals surface area contributed by atoms with E-state index in [-0.39, 0.29) is 0 Å². The minimum atomic E-state index is -0.740. The summed E-state index contributed by atoms with van der Waals surface area (Å²) in [6, 6.07) is 4.03. The number of imidazole rings is 1. The van der Waals surface area contributed by atoms with Gasteiger partial charge in [-0.25, -0.2) is 4.98 Å². The normalized spacial score (nSPS) is 12.4. The summed E-state index contributed by atoms with van der Waals surface area (Å²) in [4.78, 5) is 7.16. The molecule has 20 heavy (non-hydrogen) atoms. The molecule has 0 spiro atoms. The van der Waals surface area contributed by atoms with E-state index in [4.69, 9.17) is 4.74 Å². The Morgan fingerprint density at radius 3 is 2.60 bits per heavy atom. The van der Waals surface area contributed by atoms with Crippen molar-refractivity contribution in [2.45, 2.75) is 39.7 Å². The first kappa shape index (κ1) is 14.6. The number of H-pyrrole nitrogens is 1. The summed E-state index contributed by atoms with van der Waals surface area (Å²) in [5, 5.41) is 10.6. The molecule has 2 aromatic rings. The second-order valence-corrected chi connectivity index (χ2v) is 4.63. The van der Waals surface area contributed by atoms with Crippen LogP contribution >= 0.6 is 0 Å². The molecular weight excluding hydrogens is 252 g/mol. The molecule has 0 amide bonds. The van der Waals surface area contributed by atoms with Gasteiger partial charge in [-0.3, -0.25) is 0 Å². The molecule has 0 radical (unpaired) electrons. The van der Waals surface area contributed by atoms with Crippen LogP contribution in [0.25, 0.3) is 0 Å². The molecule has 2 rings (SSSR count). The first-order valence-corrected chi connectivity index (χ1v) is 7.17. The van der Waals surface area contributed by atoms with Crippen molar-refractivity contribution >= 4 is 0 Å². The molecule has 1 aromatic heterocycles. The molecule has 0 saturated heterocycles. The average Bonchev–Trinajstić information content (AvgIpc) is 3.00. The second kappa shape index (κ2) is 6.57. The zero-order valence-electron chi connectivity index (χ0n) is 12.3. The molecule has 0 fully saturated rings. The fourth-order valence-corrected chi connectivity index (χ4v) is 2.56. The largest absolute Gasteiger partial charge is 0.494 e. The highest BCUT2D eigenvalue weighted by atomic mass is 16.5. The van der Waals surface area contributed by atoms with E-state index in [1.165, 1.54) is 0 Å². The lowest BCUT2D eigenvalue weighted by molar-refractivity contribution is 0.208. The lowest BCUT2D eigenvalue weighted by atomic mass is 9.92. The van der Waals surface area contributed by atoms with E-state index in [1.807, 2.05) is 19.1 Å². The summed E-state index contributed by atoms with van der Waals surface area (Å²) < 4.78 is 5.69. The van der Waals surface area contributed by atoms with Gasteiger partial charge < -0.3 is 14.8 Å². The van der Waals surface area contributed by atoms with E-state index in [9.17, 15) is 5.11 Å². The molecule has 0 aliphatic carbocycles. The number of aromatic nitrogens is 2. The van der Waals surface area contributed by atoms with E-state index < -0.39 is 6.10 Å². The van der Waals surface area contributed by atoms with Gasteiger partial charge in [0.1, 0.15) is 17.7 Å². The van der Waals surface area contributed by atoms with Gasteiger partial charge in [0, 0.05) is 18.0 Å². The molecule has 0 bridgehead atoms. The van der Waals surface area contributed by atoms with Gasteiger partial charge in [0.25, 0.3) is 0 Å². The molecule has 0 aliphatic heterocycles. The number of rotatable bonds is 6. The second-order valence-electron chi connectivity index (χ2n) is 4.63. The third kappa shape index (κ3) is 2.70. The SMILES string of the molecule is CCOc1ccc(CC)c(C(O)c2ncc[nH]2)c1CC. The fraction of sp³-hybridized carbons (Fsp3) is 0.438. The monoisotopic (exact) mass is 274 g/mol. The molecule has 4 nitrogen and oxygen atoms in total. The van der Waals surface area contributed by atoms with Gasteiger partial charge in [0.05, 0.1) is 6.61 Å². The number of benzene rings is 1. The van der Waals surface area contributed by atoms with Gasteiger partial charge >= 0.3 is 0 Å². The van der Waals surface area contributed by atoms with Crippen LogP contribution in [-0.4, -0.2) is 21.7 Å². The topological polar surface area (TPSA) is 58.1 Å². The van der Waals surface area contributed by atoms with Crippen molar-refractivity contribution in [2.24, 2.45) is 0 Å². The Morgan fingerprint density at radius 1 is 1.25 bits per heavy atom. The van der Waals surface area contributed by atoms with Crippen molar-refractivity contribution in [3.63, 3.8) is 0 Å². The Hall–Kier alpha value is -1.81. The first-order valence-electron chi connectivity index (χ1n) is 7.17. The van der Waals surface area contributed by atoms with Crippen LogP contribution in [0.2, 0.25) is 0 Å². The van der Waals surface area contributed by atoms with E-state index >= 15 is 0 Å². The zero-order valence-corrected chi connectivity index (χ0v) is 12.3. The summed E-state index contributed by atoms with van der Waals surface area (Å²) in [7, 11) is 0. The summed E-state index contributed by atoms with van der Waals surface area (Å²) in [5.74, 6) is 1.43. The van der Waals surface area contributed by atoms with Crippen LogP contribution in [0.3, 0.4) is 0 Å². The maximum Gasteiger partial charge on any atom is 0.139 e. The zero-order chi connectivity index (χ0) is 14.5. The highest BCUT2D eigenvalue weighted by molar-refractivity contribution is 5.48. The predicted octanol–water partition coefficient (Wildman–Crippen LogP) is 3.01. The predicted molar refractivity (Wildman–Crippen MR) is 79.0 cm³/mol. The number of hydrogen-bond acceptors (Lipinski definition) is 3. The van der Waals surface area contributed by atoms with Crippen molar-refractivity contribution in [3.05, 3.63) is 47.0 Å². The third-order valence-electron chi connectivity index (χ3n) is 3.49. The summed E-state index contributed by atoms with van der Waals surface area (Å²) in [6.07, 6.45) is 4.32. The quantitative estimate of drug-likeness (QED) is 0.851. The maximum atomic E-state index is 10.6. The lowest BCUT2D eigenvalue weighted by Crippen LogP contribution is -2.11. The molecular formula is C16H22N2O2. The van der Waals surface area contributed by atoms with Crippen molar-refractivity contribution < 1.29 is 9.84 Å². The molecule has 1 heterocycles. The molecule has 1 atom stereocenters. The summed E-state index contributed by atoms with van der Waals surface area (Å²) >= 11 is 0. The van der Waals surface area contributed by atoms with Crippen molar-refractivity contribution in [1.82, 2.24) is 9.97 Å². The van der Waals surface area contributed by atoms with Crippen LogP contribution in [0.5, 0.6) is 5.75 Å². The van der Waals surface area contributed by atoms with E-state index in [0.29, 0.717) is 12.4 Å². The van der Waals surface area contributed by atoms with Crippen molar-refractivity contribution in [1.29, 1.82) is 0 Å². The van der Waals surface area contributed by atoms with Gasteiger partial charge in [0.2, 0.25) is 0 Å². The van der Waals surface area contributed by atoms with Crippen LogP contribution in [0.15, 0.2) is 24.5 Å². The third-order valence-corrected chi connectivity index (χ3v) is 3.49. The number of aliphatic hydroxyl groups excluding tert-OH is 1. The Balaban J connectivity index is 2.55. The van der Waals surface area contributed by atoms with Crippen LogP contribution < -0.4 is 4.74 Å². The lowest BCUT2D eigenvalue weighted by Gasteiger charge is -2.20. The van der Waals surface area contributed by atoms with Crippen LogP contribution in [0, 0.1) is 0 Å². The van der Waals surface area contributed by atoms with E-state index in [2.05, 4.69) is 23.8 Å². The minimum absolute atomic E-state index is 0.572. The molecule has 1 aromatic carbocycles. The number of hydrogen-bond donors (Lipinski definition) is 2. The number of aromatic amines is 1. The van der Waals surface area contributed by atoms with Crippen molar-refractivity contribution in [2.75, 3.05) is 6.61 Å². The van der Waals surface area contributed by atoms with E-state index in [0.717, 1.165) is 35.3 Å². The van der Waals surface area contributed by atoms with Crippen LogP contribution in [0.1, 0.15) is 49.4 Å². The smallest absolute Gasteiger partial charge is 0.139 e. The average molecular weight is 274 g/mol. The highest BCUT2D eigenvalue weighted by Gasteiger charge is 2.22.